The molecule has 0 unspecified atom stereocenters. The third-order valence-electron chi connectivity index (χ3n) is 1.33. The summed E-state index contributed by atoms with van der Waals surface area (Å²) in [6, 6.07) is 1.26. The number of aromatic nitrogens is 1. The Labute approximate surface area is 83.3 Å². The van der Waals surface area contributed by atoms with Crippen LogP contribution in [0.4, 0.5) is 19.0 Å². The molecule has 0 saturated carbocycles. The Balaban J connectivity index is 3.04. The molecule has 3 N–H and O–H groups in total. The van der Waals surface area contributed by atoms with E-state index in [0.717, 1.165) is 6.20 Å². The smallest absolute Gasteiger partial charge is 0.255 e. The van der Waals surface area contributed by atoms with Gasteiger partial charge in [-0.05, 0) is 12.1 Å². The first-order valence-electron chi connectivity index (χ1n) is 3.52. The standard InChI is InChI=1S/C6H6F3N3O2S/c7-6(8,9)4-1-2-11-5(3-4)12-15(10,13)14/h1-3H,(H,11,12)(H2,10,13,14). The van der Waals surface area contributed by atoms with Crippen molar-refractivity contribution in [1.82, 2.24) is 4.98 Å². The molecule has 15 heavy (non-hydrogen) atoms. The van der Waals surface area contributed by atoms with Crippen molar-refractivity contribution in [3.05, 3.63) is 23.9 Å². The van der Waals surface area contributed by atoms with E-state index >= 15 is 0 Å². The van der Waals surface area contributed by atoms with E-state index in [2.05, 4.69) is 10.1 Å². The molecule has 0 aliphatic rings. The van der Waals surface area contributed by atoms with Crippen LogP contribution in [-0.2, 0) is 16.4 Å². The van der Waals surface area contributed by atoms with Crippen LogP contribution in [-0.4, -0.2) is 13.4 Å². The first-order valence-corrected chi connectivity index (χ1v) is 5.07. The summed E-state index contributed by atoms with van der Waals surface area (Å²) < 4.78 is 59.1. The minimum atomic E-state index is -4.56. The SMILES string of the molecule is NS(=O)(=O)Nc1cc(C(F)(F)F)ccn1. The van der Waals surface area contributed by atoms with Crippen molar-refractivity contribution >= 4 is 16.0 Å². The molecule has 1 aromatic heterocycles. The lowest BCUT2D eigenvalue weighted by molar-refractivity contribution is -0.137. The van der Waals surface area contributed by atoms with Crippen molar-refractivity contribution in [2.45, 2.75) is 6.18 Å². The Morgan fingerprint density at radius 1 is 1.40 bits per heavy atom. The quantitative estimate of drug-likeness (QED) is 0.799. The summed E-state index contributed by atoms with van der Waals surface area (Å²) in [5.74, 6) is -0.479. The van der Waals surface area contributed by atoms with Crippen molar-refractivity contribution < 1.29 is 21.6 Å². The Kier molecular flexibility index (Phi) is 2.86. The van der Waals surface area contributed by atoms with Gasteiger partial charge < -0.3 is 0 Å². The highest BCUT2D eigenvalue weighted by atomic mass is 32.2. The van der Waals surface area contributed by atoms with Crippen molar-refractivity contribution in [3.8, 4) is 0 Å². The lowest BCUT2D eigenvalue weighted by Gasteiger charge is -2.08. The van der Waals surface area contributed by atoms with E-state index in [9.17, 15) is 21.6 Å². The number of nitrogens with one attached hydrogen (secondary N) is 1. The molecule has 1 aromatic rings. The van der Waals surface area contributed by atoms with E-state index in [0.29, 0.717) is 12.1 Å². The van der Waals surface area contributed by atoms with Crippen LogP contribution < -0.4 is 9.86 Å². The molecule has 0 aliphatic carbocycles. The number of hydrogen-bond donors (Lipinski definition) is 2. The Bertz CT molecular complexity index is 457. The molecule has 0 amide bonds. The van der Waals surface area contributed by atoms with E-state index in [4.69, 9.17) is 0 Å². The predicted molar refractivity (Wildman–Crippen MR) is 46.0 cm³/mol. The van der Waals surface area contributed by atoms with Gasteiger partial charge in [-0.3, -0.25) is 4.72 Å². The van der Waals surface area contributed by atoms with E-state index in [1.807, 2.05) is 0 Å². The normalized spacial score (nSPS) is 12.5. The van der Waals surface area contributed by atoms with Gasteiger partial charge in [0.25, 0.3) is 10.2 Å². The van der Waals surface area contributed by atoms with Crippen LogP contribution in [0.2, 0.25) is 0 Å². The largest absolute Gasteiger partial charge is 0.416 e. The van der Waals surface area contributed by atoms with Gasteiger partial charge in [-0.15, -0.1) is 0 Å². The van der Waals surface area contributed by atoms with E-state index in [-0.39, 0.29) is 0 Å². The van der Waals surface area contributed by atoms with E-state index < -0.39 is 27.8 Å². The number of hydrogen-bond acceptors (Lipinski definition) is 3. The Morgan fingerprint density at radius 3 is 2.47 bits per heavy atom. The highest BCUT2D eigenvalue weighted by molar-refractivity contribution is 7.90. The summed E-state index contributed by atoms with van der Waals surface area (Å²) >= 11 is 0. The minimum Gasteiger partial charge on any atom is -0.255 e. The second kappa shape index (κ2) is 3.66. The summed E-state index contributed by atoms with van der Waals surface area (Å²) in [4.78, 5) is 3.37. The van der Waals surface area contributed by atoms with Gasteiger partial charge in [0.1, 0.15) is 5.82 Å². The first-order chi connectivity index (χ1) is 6.68. The van der Waals surface area contributed by atoms with E-state index in [1.165, 1.54) is 0 Å². The van der Waals surface area contributed by atoms with Gasteiger partial charge in [0, 0.05) is 6.20 Å². The molecule has 0 fully saturated rings. The van der Waals surface area contributed by atoms with Crippen molar-refractivity contribution in [3.63, 3.8) is 0 Å². The maximum Gasteiger partial charge on any atom is 0.416 e. The monoisotopic (exact) mass is 241 g/mol. The van der Waals surface area contributed by atoms with Crippen molar-refractivity contribution in [2.75, 3.05) is 4.72 Å². The second-order valence-electron chi connectivity index (χ2n) is 2.57. The van der Waals surface area contributed by atoms with Crippen molar-refractivity contribution in [1.29, 1.82) is 0 Å². The summed E-state index contributed by atoms with van der Waals surface area (Å²) in [7, 11) is -4.12. The summed E-state index contributed by atoms with van der Waals surface area (Å²) in [6.07, 6.45) is -3.73. The summed E-state index contributed by atoms with van der Waals surface area (Å²) in [5.41, 5.74) is -1.01. The molecule has 5 nitrogen and oxygen atoms in total. The zero-order chi connectivity index (χ0) is 11.7. The fraction of sp³-hybridized carbons (Fsp3) is 0.167. The number of halogens is 3. The topological polar surface area (TPSA) is 85.1 Å². The fourth-order valence-corrected chi connectivity index (χ4v) is 1.21. The average Bonchev–Trinajstić information content (AvgIpc) is 1.99. The average molecular weight is 241 g/mol. The summed E-state index contributed by atoms with van der Waals surface area (Å²) in [5, 5.41) is 4.57. The molecule has 0 spiro atoms. The van der Waals surface area contributed by atoms with E-state index in [1.54, 1.807) is 4.72 Å². The van der Waals surface area contributed by atoms with Gasteiger partial charge in [0.05, 0.1) is 5.56 Å². The number of anilines is 1. The van der Waals surface area contributed by atoms with Crippen LogP contribution in [0.5, 0.6) is 0 Å². The third-order valence-corrected chi connectivity index (χ3v) is 1.83. The molecule has 0 saturated heterocycles. The molecule has 0 radical (unpaired) electrons. The Hall–Kier alpha value is -1.35. The molecular weight excluding hydrogens is 235 g/mol. The maximum atomic E-state index is 12.2. The van der Waals surface area contributed by atoms with Gasteiger partial charge in [-0.25, -0.2) is 10.1 Å². The van der Waals surface area contributed by atoms with Crippen LogP contribution in [0.15, 0.2) is 18.3 Å². The predicted octanol–water partition coefficient (Wildman–Crippen LogP) is 0.716. The van der Waals surface area contributed by atoms with Crippen LogP contribution in [0.1, 0.15) is 5.56 Å². The number of pyridine rings is 1. The van der Waals surface area contributed by atoms with Crippen molar-refractivity contribution in [2.24, 2.45) is 5.14 Å². The van der Waals surface area contributed by atoms with Gasteiger partial charge in [-0.2, -0.15) is 21.6 Å². The lowest BCUT2D eigenvalue weighted by Crippen LogP contribution is -2.22. The molecule has 0 aromatic carbocycles. The van der Waals surface area contributed by atoms with Crippen LogP contribution in [0.25, 0.3) is 0 Å². The molecule has 0 aliphatic heterocycles. The maximum absolute atomic E-state index is 12.2. The zero-order valence-electron chi connectivity index (χ0n) is 7.12. The number of alkyl halides is 3. The second-order valence-corrected chi connectivity index (χ2v) is 3.87. The zero-order valence-corrected chi connectivity index (χ0v) is 7.93. The fourth-order valence-electron chi connectivity index (χ4n) is 0.808. The molecule has 0 atom stereocenters. The van der Waals surface area contributed by atoms with Gasteiger partial charge in [0.15, 0.2) is 0 Å². The van der Waals surface area contributed by atoms with Crippen LogP contribution >= 0.6 is 0 Å². The molecule has 0 bridgehead atoms. The minimum absolute atomic E-state index is 0.479. The number of rotatable bonds is 2. The van der Waals surface area contributed by atoms with Gasteiger partial charge in [0.2, 0.25) is 0 Å². The van der Waals surface area contributed by atoms with Gasteiger partial charge in [-0.1, -0.05) is 0 Å². The number of nitrogens with zero attached hydrogens (tertiary/aromatic N) is 1. The number of nitrogens with two attached hydrogens (primary N) is 1. The Morgan fingerprint density at radius 2 is 2.00 bits per heavy atom. The molecule has 1 heterocycles. The molecule has 84 valence electrons. The van der Waals surface area contributed by atoms with Gasteiger partial charge >= 0.3 is 6.18 Å². The third kappa shape index (κ3) is 3.72. The summed E-state index contributed by atoms with van der Waals surface area (Å²) in [6.45, 7) is 0. The lowest BCUT2D eigenvalue weighted by atomic mass is 10.2. The molecular formula is C6H6F3N3O2S. The molecule has 1 rings (SSSR count). The molecule has 9 heteroatoms. The van der Waals surface area contributed by atoms with Crippen LogP contribution in [0, 0.1) is 0 Å². The van der Waals surface area contributed by atoms with Crippen LogP contribution in [0.3, 0.4) is 0 Å². The highest BCUT2D eigenvalue weighted by Gasteiger charge is 2.30. The first kappa shape index (κ1) is 11.7. The highest BCUT2D eigenvalue weighted by Crippen LogP contribution is 2.29.